The van der Waals surface area contributed by atoms with E-state index in [1.807, 2.05) is 54.6 Å². The first kappa shape index (κ1) is 19.0. The van der Waals surface area contributed by atoms with Gasteiger partial charge in [0.05, 0.1) is 24.6 Å². The van der Waals surface area contributed by atoms with Crippen molar-refractivity contribution in [3.8, 4) is 5.75 Å². The van der Waals surface area contributed by atoms with Crippen molar-refractivity contribution in [2.45, 2.75) is 25.9 Å². The van der Waals surface area contributed by atoms with Gasteiger partial charge in [-0.1, -0.05) is 24.3 Å². The Hall–Kier alpha value is -3.31. The predicted octanol–water partition coefficient (Wildman–Crippen LogP) is 4.74. The number of benzene rings is 3. The molecule has 1 amide bonds. The lowest BCUT2D eigenvalue weighted by atomic mass is 9.98. The van der Waals surface area contributed by atoms with E-state index in [0.717, 1.165) is 38.7 Å². The lowest BCUT2D eigenvalue weighted by Crippen LogP contribution is -2.17. The number of nitrogens with one attached hydrogen (secondary N) is 2. The molecule has 29 heavy (non-hydrogen) atoms. The highest BCUT2D eigenvalue weighted by Gasteiger charge is 2.16. The molecule has 0 aliphatic carbocycles. The van der Waals surface area contributed by atoms with Crippen LogP contribution in [0, 0.1) is 0 Å². The lowest BCUT2D eigenvalue weighted by molar-refractivity contribution is -0.115. The number of anilines is 1. The third kappa shape index (κ3) is 3.96. The quantitative estimate of drug-likeness (QED) is 0.462. The van der Waals surface area contributed by atoms with Crippen LogP contribution in [0.3, 0.4) is 0 Å². The molecule has 148 valence electrons. The van der Waals surface area contributed by atoms with Gasteiger partial charge >= 0.3 is 0 Å². The first-order chi connectivity index (χ1) is 13.8. The first-order valence-electron chi connectivity index (χ1n) is 9.54. The number of hydrogen-bond acceptors (Lipinski definition) is 3. The summed E-state index contributed by atoms with van der Waals surface area (Å²) in [6.07, 6.45) is 0.265. The van der Waals surface area contributed by atoms with Gasteiger partial charge in [0.25, 0.3) is 0 Å². The fourth-order valence-electron chi connectivity index (χ4n) is 3.54. The van der Waals surface area contributed by atoms with Gasteiger partial charge in [0, 0.05) is 28.0 Å². The SMILES string of the molecule is COc1ccc2c(c1)[nH]c1cc(CC(=O)Nc3cccc(C(C)(C)O)c3)ccc12. The highest BCUT2D eigenvalue weighted by atomic mass is 16.5. The fraction of sp³-hybridized carbons (Fsp3) is 0.208. The zero-order valence-corrected chi connectivity index (χ0v) is 16.7. The number of aromatic nitrogens is 1. The van der Waals surface area contributed by atoms with Crippen molar-refractivity contribution in [2.24, 2.45) is 0 Å². The molecule has 3 N–H and O–H groups in total. The molecule has 0 saturated carbocycles. The minimum atomic E-state index is -0.954. The Balaban J connectivity index is 1.54. The Labute approximate surface area is 169 Å². The molecule has 5 nitrogen and oxygen atoms in total. The standard InChI is InChI=1S/C24H24N2O3/c1-24(2,28)16-5-4-6-17(13-16)25-23(27)12-15-7-9-19-20-10-8-18(29-3)14-22(20)26-21(19)11-15/h4-11,13-14,26,28H,12H2,1-3H3,(H,25,27). The third-order valence-electron chi connectivity index (χ3n) is 5.09. The molecule has 0 aliphatic rings. The second kappa shape index (κ2) is 7.26. The summed E-state index contributed by atoms with van der Waals surface area (Å²) in [4.78, 5) is 15.9. The molecule has 4 aromatic rings. The number of aliphatic hydroxyl groups is 1. The van der Waals surface area contributed by atoms with E-state index >= 15 is 0 Å². The number of hydrogen-bond donors (Lipinski definition) is 3. The van der Waals surface area contributed by atoms with Crippen molar-refractivity contribution < 1.29 is 14.6 Å². The molecule has 4 rings (SSSR count). The summed E-state index contributed by atoms with van der Waals surface area (Å²) >= 11 is 0. The van der Waals surface area contributed by atoms with Crippen LogP contribution >= 0.6 is 0 Å². The van der Waals surface area contributed by atoms with Gasteiger partial charge in [-0.15, -0.1) is 0 Å². The number of rotatable bonds is 5. The Morgan fingerprint density at radius 3 is 2.48 bits per heavy atom. The van der Waals surface area contributed by atoms with Crippen LogP contribution in [0.1, 0.15) is 25.0 Å². The predicted molar refractivity (Wildman–Crippen MR) is 116 cm³/mol. The minimum Gasteiger partial charge on any atom is -0.497 e. The van der Waals surface area contributed by atoms with E-state index in [2.05, 4.69) is 10.3 Å². The topological polar surface area (TPSA) is 74.4 Å². The molecule has 5 heteroatoms. The van der Waals surface area contributed by atoms with E-state index in [-0.39, 0.29) is 12.3 Å². The Morgan fingerprint density at radius 2 is 1.76 bits per heavy atom. The van der Waals surface area contributed by atoms with Gasteiger partial charge in [0.15, 0.2) is 0 Å². The summed E-state index contributed by atoms with van der Waals surface area (Å²) < 4.78 is 5.29. The average Bonchev–Trinajstić information content (AvgIpc) is 3.04. The van der Waals surface area contributed by atoms with Crippen LogP contribution in [0.15, 0.2) is 60.7 Å². The number of amides is 1. The average molecular weight is 388 g/mol. The van der Waals surface area contributed by atoms with Crippen molar-refractivity contribution in [3.05, 3.63) is 71.8 Å². The van der Waals surface area contributed by atoms with Crippen molar-refractivity contribution in [2.75, 3.05) is 12.4 Å². The monoisotopic (exact) mass is 388 g/mol. The van der Waals surface area contributed by atoms with Crippen LogP contribution in [0.5, 0.6) is 5.75 Å². The molecule has 0 spiro atoms. The van der Waals surface area contributed by atoms with Gasteiger partial charge in [-0.25, -0.2) is 0 Å². The summed E-state index contributed by atoms with van der Waals surface area (Å²) in [5, 5.41) is 15.3. The molecule has 1 heterocycles. The van der Waals surface area contributed by atoms with Crippen molar-refractivity contribution in [3.63, 3.8) is 0 Å². The smallest absolute Gasteiger partial charge is 0.228 e. The molecule has 3 aromatic carbocycles. The van der Waals surface area contributed by atoms with Crippen LogP contribution in [-0.2, 0) is 16.8 Å². The number of aromatic amines is 1. The Kier molecular flexibility index (Phi) is 4.76. The number of ether oxygens (including phenoxy) is 1. The summed E-state index contributed by atoms with van der Waals surface area (Å²) in [6, 6.07) is 19.3. The second-order valence-electron chi connectivity index (χ2n) is 7.78. The second-order valence-corrected chi connectivity index (χ2v) is 7.78. The van der Waals surface area contributed by atoms with Gasteiger partial charge < -0.3 is 20.1 Å². The zero-order chi connectivity index (χ0) is 20.6. The van der Waals surface area contributed by atoms with Crippen LogP contribution in [-0.4, -0.2) is 23.1 Å². The van der Waals surface area contributed by atoms with Crippen LogP contribution in [0.2, 0.25) is 0 Å². The molecule has 0 bridgehead atoms. The fourth-order valence-corrected chi connectivity index (χ4v) is 3.54. The van der Waals surface area contributed by atoms with Gasteiger partial charge in [-0.05, 0) is 55.3 Å². The van der Waals surface area contributed by atoms with Gasteiger partial charge in [0.1, 0.15) is 5.75 Å². The largest absolute Gasteiger partial charge is 0.497 e. The minimum absolute atomic E-state index is 0.102. The van der Waals surface area contributed by atoms with E-state index in [9.17, 15) is 9.90 Å². The third-order valence-corrected chi connectivity index (χ3v) is 5.09. The van der Waals surface area contributed by atoms with Crippen molar-refractivity contribution >= 4 is 33.4 Å². The Morgan fingerprint density at radius 1 is 1.03 bits per heavy atom. The number of carbonyl (C=O) groups excluding carboxylic acids is 1. The Bertz CT molecular complexity index is 1200. The highest BCUT2D eigenvalue weighted by Crippen LogP contribution is 2.29. The normalized spacial score (nSPS) is 11.7. The molecular weight excluding hydrogens is 364 g/mol. The summed E-state index contributed by atoms with van der Waals surface area (Å²) in [5.74, 6) is 0.701. The number of H-pyrrole nitrogens is 1. The molecule has 0 unspecified atom stereocenters. The van der Waals surface area contributed by atoms with E-state index in [1.165, 1.54) is 0 Å². The van der Waals surface area contributed by atoms with E-state index in [0.29, 0.717) is 5.69 Å². The van der Waals surface area contributed by atoms with E-state index in [4.69, 9.17) is 4.74 Å². The summed E-state index contributed by atoms with van der Waals surface area (Å²) in [5.41, 5.74) is 3.39. The molecule has 0 saturated heterocycles. The lowest BCUT2D eigenvalue weighted by Gasteiger charge is -2.18. The van der Waals surface area contributed by atoms with Crippen LogP contribution in [0.25, 0.3) is 21.8 Å². The molecule has 1 aromatic heterocycles. The molecule has 0 fully saturated rings. The maximum absolute atomic E-state index is 12.5. The van der Waals surface area contributed by atoms with Crippen LogP contribution in [0.4, 0.5) is 5.69 Å². The molecule has 0 aliphatic heterocycles. The summed E-state index contributed by atoms with van der Waals surface area (Å²) in [7, 11) is 1.65. The number of methoxy groups -OCH3 is 1. The summed E-state index contributed by atoms with van der Waals surface area (Å²) in [6.45, 7) is 3.44. The van der Waals surface area contributed by atoms with Gasteiger partial charge in [-0.2, -0.15) is 0 Å². The first-order valence-corrected chi connectivity index (χ1v) is 9.54. The van der Waals surface area contributed by atoms with E-state index < -0.39 is 5.60 Å². The number of carbonyl (C=O) groups is 1. The van der Waals surface area contributed by atoms with Crippen molar-refractivity contribution in [1.82, 2.24) is 4.98 Å². The van der Waals surface area contributed by atoms with Gasteiger partial charge in [0.2, 0.25) is 5.91 Å². The molecule has 0 atom stereocenters. The zero-order valence-electron chi connectivity index (χ0n) is 16.7. The van der Waals surface area contributed by atoms with E-state index in [1.54, 1.807) is 27.0 Å². The van der Waals surface area contributed by atoms with Crippen molar-refractivity contribution in [1.29, 1.82) is 0 Å². The molecule has 0 radical (unpaired) electrons. The number of fused-ring (bicyclic) bond motifs is 3. The maximum atomic E-state index is 12.5. The highest BCUT2D eigenvalue weighted by molar-refractivity contribution is 6.08. The van der Waals surface area contributed by atoms with Gasteiger partial charge in [-0.3, -0.25) is 4.79 Å². The molecular formula is C24H24N2O3. The maximum Gasteiger partial charge on any atom is 0.228 e. The van der Waals surface area contributed by atoms with Crippen LogP contribution < -0.4 is 10.1 Å².